The molecule has 6 nitrogen and oxygen atoms in total. The SMILES string of the molecule is CCOC(=O)N/N=C(\[O-])OCC. The number of hydrazone groups is 1. The first kappa shape index (κ1) is 10.5. The molecule has 0 bridgehead atoms. The van der Waals surface area contributed by atoms with E-state index < -0.39 is 12.2 Å². The van der Waals surface area contributed by atoms with Crippen molar-refractivity contribution in [3.05, 3.63) is 0 Å². The average Bonchev–Trinajstić information content (AvgIpc) is 2.02. The molecular weight excluding hydrogens is 164 g/mol. The van der Waals surface area contributed by atoms with E-state index in [4.69, 9.17) is 0 Å². The summed E-state index contributed by atoms with van der Waals surface area (Å²) in [6.45, 7) is 3.72. The predicted octanol–water partition coefficient (Wildman–Crippen LogP) is -0.600. The molecule has 0 saturated carbocycles. The molecule has 0 radical (unpaired) electrons. The van der Waals surface area contributed by atoms with E-state index in [1.165, 1.54) is 0 Å². The third-order valence-electron chi connectivity index (χ3n) is 0.782. The Bertz CT molecular complexity index is 169. The molecule has 0 aromatic heterocycles. The van der Waals surface area contributed by atoms with Crippen LogP contribution in [0.15, 0.2) is 5.10 Å². The Kier molecular flexibility index (Phi) is 5.50. The van der Waals surface area contributed by atoms with Crippen LogP contribution >= 0.6 is 0 Å². The van der Waals surface area contributed by atoms with E-state index in [1.54, 1.807) is 13.8 Å². The van der Waals surface area contributed by atoms with Crippen LogP contribution in [0.3, 0.4) is 0 Å². The summed E-state index contributed by atoms with van der Waals surface area (Å²) in [6.07, 6.45) is -1.61. The normalized spacial score (nSPS) is 10.7. The molecule has 0 rings (SSSR count). The standard InChI is InChI=1S/C6H12N2O4/c1-3-11-5(9)7-8-6(10)12-4-2/h3-4H2,1-2H3,(H,7,9)(H,8,10)/p-1. The zero-order valence-corrected chi connectivity index (χ0v) is 6.99. The third-order valence-corrected chi connectivity index (χ3v) is 0.782. The van der Waals surface area contributed by atoms with Gasteiger partial charge < -0.3 is 14.6 Å². The Balaban J connectivity index is 3.63. The molecule has 0 fully saturated rings. The topological polar surface area (TPSA) is 83.0 Å². The molecule has 0 aromatic carbocycles. The van der Waals surface area contributed by atoms with E-state index in [-0.39, 0.29) is 13.2 Å². The van der Waals surface area contributed by atoms with Gasteiger partial charge in [-0.3, -0.25) is 0 Å². The highest BCUT2D eigenvalue weighted by molar-refractivity contribution is 5.70. The number of amides is 1. The van der Waals surface area contributed by atoms with Gasteiger partial charge in [-0.15, -0.1) is 0 Å². The Morgan fingerprint density at radius 3 is 2.50 bits per heavy atom. The molecule has 1 amide bonds. The van der Waals surface area contributed by atoms with E-state index in [9.17, 15) is 9.90 Å². The maximum Gasteiger partial charge on any atom is 0.427 e. The predicted molar refractivity (Wildman–Crippen MR) is 39.2 cm³/mol. The summed E-state index contributed by atoms with van der Waals surface area (Å²) in [4.78, 5) is 10.5. The monoisotopic (exact) mass is 175 g/mol. The summed E-state index contributed by atoms with van der Waals surface area (Å²) in [5.74, 6) is 0. The number of nitrogens with zero attached hydrogens (tertiary/aromatic N) is 1. The Labute approximate surface area is 70.2 Å². The minimum absolute atomic E-state index is 0.215. The lowest BCUT2D eigenvalue weighted by atomic mass is 10.9. The van der Waals surface area contributed by atoms with Crippen molar-refractivity contribution >= 4 is 12.2 Å². The fourth-order valence-electron chi connectivity index (χ4n) is 0.410. The molecule has 12 heavy (non-hydrogen) atoms. The van der Waals surface area contributed by atoms with Crippen molar-refractivity contribution in [2.75, 3.05) is 13.2 Å². The molecule has 1 N–H and O–H groups in total. The Morgan fingerprint density at radius 2 is 2.00 bits per heavy atom. The molecule has 0 heterocycles. The minimum Gasteiger partial charge on any atom is -0.599 e. The molecule has 0 saturated heterocycles. The number of nitrogens with one attached hydrogen (secondary N) is 1. The van der Waals surface area contributed by atoms with Crippen LogP contribution in [0.4, 0.5) is 4.79 Å². The van der Waals surface area contributed by atoms with E-state index in [1.807, 2.05) is 5.43 Å². The van der Waals surface area contributed by atoms with Crippen molar-refractivity contribution in [2.24, 2.45) is 5.10 Å². The van der Waals surface area contributed by atoms with Gasteiger partial charge in [-0.05, 0) is 13.5 Å². The van der Waals surface area contributed by atoms with Crippen molar-refractivity contribution < 1.29 is 19.4 Å². The van der Waals surface area contributed by atoms with Gasteiger partial charge >= 0.3 is 6.09 Å². The Morgan fingerprint density at radius 1 is 1.42 bits per heavy atom. The van der Waals surface area contributed by atoms with Crippen LogP contribution in [-0.4, -0.2) is 25.4 Å². The summed E-state index contributed by atoms with van der Waals surface area (Å²) in [6, 6.07) is 0. The number of rotatable bonds is 3. The fraction of sp³-hybridized carbons (Fsp3) is 0.667. The highest BCUT2D eigenvalue weighted by Crippen LogP contribution is 1.77. The maximum atomic E-state index is 10.5. The zero-order chi connectivity index (χ0) is 9.40. The summed E-state index contributed by atoms with van der Waals surface area (Å²) in [5, 5.41) is 13.5. The van der Waals surface area contributed by atoms with Crippen molar-refractivity contribution in [2.45, 2.75) is 13.8 Å². The van der Waals surface area contributed by atoms with Crippen molar-refractivity contribution in [1.29, 1.82) is 0 Å². The molecule has 6 heteroatoms. The first-order valence-corrected chi connectivity index (χ1v) is 3.51. The lowest BCUT2D eigenvalue weighted by Gasteiger charge is -2.09. The van der Waals surface area contributed by atoms with Crippen LogP contribution in [0.25, 0.3) is 0 Å². The largest absolute Gasteiger partial charge is 0.599 e. The Hall–Kier alpha value is -1.46. The van der Waals surface area contributed by atoms with Crippen molar-refractivity contribution in [1.82, 2.24) is 5.43 Å². The van der Waals surface area contributed by atoms with E-state index >= 15 is 0 Å². The van der Waals surface area contributed by atoms with Crippen LogP contribution in [0.5, 0.6) is 0 Å². The molecule has 0 aliphatic carbocycles. The van der Waals surface area contributed by atoms with Gasteiger partial charge in [-0.2, -0.15) is 5.10 Å². The first-order chi connectivity index (χ1) is 5.70. The lowest BCUT2D eigenvalue weighted by Crippen LogP contribution is -2.28. The van der Waals surface area contributed by atoms with Crippen LogP contribution < -0.4 is 10.5 Å². The number of ether oxygens (including phenoxy) is 2. The van der Waals surface area contributed by atoms with Crippen LogP contribution in [0.2, 0.25) is 0 Å². The third kappa shape index (κ3) is 5.33. The van der Waals surface area contributed by atoms with Crippen LogP contribution in [-0.2, 0) is 9.47 Å². The van der Waals surface area contributed by atoms with E-state index in [0.717, 1.165) is 0 Å². The fourth-order valence-corrected chi connectivity index (χ4v) is 0.410. The molecule has 0 aliphatic heterocycles. The van der Waals surface area contributed by atoms with Crippen LogP contribution in [0.1, 0.15) is 13.8 Å². The van der Waals surface area contributed by atoms with Crippen molar-refractivity contribution in [3.8, 4) is 0 Å². The quantitative estimate of drug-likeness (QED) is 0.352. The van der Waals surface area contributed by atoms with Gasteiger partial charge in [0.1, 0.15) is 0 Å². The van der Waals surface area contributed by atoms with E-state index in [0.29, 0.717) is 0 Å². The highest BCUT2D eigenvalue weighted by Gasteiger charge is 1.95. The van der Waals surface area contributed by atoms with Gasteiger partial charge in [-0.1, -0.05) is 6.92 Å². The van der Waals surface area contributed by atoms with Crippen LogP contribution in [0, 0.1) is 0 Å². The lowest BCUT2D eigenvalue weighted by molar-refractivity contribution is -0.250. The second-order valence-corrected chi connectivity index (χ2v) is 1.64. The summed E-state index contributed by atoms with van der Waals surface area (Å²) in [7, 11) is 0. The van der Waals surface area contributed by atoms with Gasteiger partial charge in [-0.25, -0.2) is 10.2 Å². The molecule has 70 valence electrons. The smallest absolute Gasteiger partial charge is 0.427 e. The second kappa shape index (κ2) is 6.26. The van der Waals surface area contributed by atoms with E-state index in [2.05, 4.69) is 14.6 Å². The molecule has 0 unspecified atom stereocenters. The number of hydrogen-bond donors (Lipinski definition) is 1. The summed E-state index contributed by atoms with van der Waals surface area (Å²) < 4.78 is 8.81. The number of carbonyl (C=O) groups is 1. The minimum atomic E-state index is -0.842. The number of carbonyl (C=O) groups excluding carboxylic acids is 1. The highest BCUT2D eigenvalue weighted by atomic mass is 16.6. The molecule has 0 aromatic rings. The zero-order valence-electron chi connectivity index (χ0n) is 6.99. The molecule has 0 spiro atoms. The summed E-state index contributed by atoms with van der Waals surface area (Å²) in [5.41, 5.74) is 1.86. The first-order valence-electron chi connectivity index (χ1n) is 3.51. The summed E-state index contributed by atoms with van der Waals surface area (Å²) >= 11 is 0. The number of hydrogen-bond acceptors (Lipinski definition) is 5. The average molecular weight is 175 g/mol. The van der Waals surface area contributed by atoms with Crippen molar-refractivity contribution in [3.63, 3.8) is 0 Å². The van der Waals surface area contributed by atoms with Gasteiger partial charge in [0.25, 0.3) is 0 Å². The van der Waals surface area contributed by atoms with Gasteiger partial charge in [0.05, 0.1) is 6.61 Å². The molecule has 0 aliphatic rings. The van der Waals surface area contributed by atoms with Gasteiger partial charge in [0.2, 0.25) is 0 Å². The van der Waals surface area contributed by atoms with Gasteiger partial charge in [0, 0.05) is 0 Å². The molecular formula is C6H11N2O4-. The van der Waals surface area contributed by atoms with Gasteiger partial charge in [0.15, 0.2) is 6.08 Å². The molecule has 0 atom stereocenters. The maximum absolute atomic E-state index is 10.5. The second-order valence-electron chi connectivity index (χ2n) is 1.64.